The van der Waals surface area contributed by atoms with Crippen molar-refractivity contribution in [3.8, 4) is 5.75 Å². The summed E-state index contributed by atoms with van der Waals surface area (Å²) in [6, 6.07) is 7.71. The van der Waals surface area contributed by atoms with Crippen LogP contribution in [0.15, 0.2) is 116 Å². The molecule has 0 fully saturated rings. The summed E-state index contributed by atoms with van der Waals surface area (Å²) in [5, 5.41) is 96.8. The predicted octanol–water partition coefficient (Wildman–Crippen LogP) is 2.26. The Morgan fingerprint density at radius 1 is 0.319 bits per heavy atom. The zero-order chi connectivity index (χ0) is 105. The quantitative estimate of drug-likeness (QED) is 0.0243. The minimum atomic E-state index is -1.59. The fourth-order valence-electron chi connectivity index (χ4n) is 16.7. The first kappa shape index (κ1) is 115. The van der Waals surface area contributed by atoms with E-state index in [2.05, 4.69) is 85.1 Å². The molecule has 7 rings (SSSR count). The normalized spacial score (nSPS) is 14.8. The highest BCUT2D eigenvalue weighted by Crippen LogP contribution is 2.28. The summed E-state index contributed by atoms with van der Waals surface area (Å²) in [6.07, 6.45) is 4.83. The Kier molecular flexibility index (Phi) is 44.7. The molecule has 3 heterocycles. The second-order valence-corrected chi connectivity index (χ2v) is 38.9. The van der Waals surface area contributed by atoms with Crippen LogP contribution < -0.4 is 85.1 Å². The highest BCUT2D eigenvalue weighted by molar-refractivity contribution is 6.02. The maximum absolute atomic E-state index is 15.6. The molecule has 0 bridgehead atoms. The van der Waals surface area contributed by atoms with Gasteiger partial charge in [-0.25, -0.2) is 0 Å². The van der Waals surface area contributed by atoms with Gasteiger partial charge < -0.3 is 124 Å². The Balaban J connectivity index is 1.13. The highest BCUT2D eigenvalue weighted by Gasteiger charge is 2.41. The summed E-state index contributed by atoms with van der Waals surface area (Å²) in [7, 11) is 0. The van der Waals surface area contributed by atoms with Crippen LogP contribution in [0.3, 0.4) is 0 Å². The number of nitrogens with one attached hydrogen (secondary N) is 16. The average Bonchev–Trinajstić information content (AvgIpc) is 1.67. The second kappa shape index (κ2) is 55.0. The summed E-state index contributed by atoms with van der Waals surface area (Å²) >= 11 is 0. The van der Waals surface area contributed by atoms with Gasteiger partial charge in [-0.2, -0.15) is 0 Å². The van der Waals surface area contributed by atoms with E-state index in [-0.39, 0.29) is 93.3 Å². The van der Waals surface area contributed by atoms with E-state index < -0.39 is 224 Å². The molecule has 141 heavy (non-hydrogen) atoms. The number of phenols is 1. The largest absolute Gasteiger partial charge is 0.508 e. The maximum atomic E-state index is 15.6. The second-order valence-electron chi connectivity index (χ2n) is 38.9. The van der Waals surface area contributed by atoms with Crippen LogP contribution in [0.1, 0.15) is 179 Å². The Labute approximate surface area is 822 Å². The number of carbonyl (C=O) groups excluding carboxylic acids is 16. The van der Waals surface area contributed by atoms with Crippen LogP contribution in [0, 0.1) is 47.3 Å². The first-order valence-electron chi connectivity index (χ1n) is 48.4. The van der Waals surface area contributed by atoms with Crippen LogP contribution in [0.5, 0.6) is 5.75 Å². The molecule has 16 amide bonds. The molecule has 7 aromatic rings. The van der Waals surface area contributed by atoms with Crippen LogP contribution in [0.25, 0.3) is 32.7 Å². The number of phenolic OH excluding ortho intramolecular Hbond substituents is 1. The van der Waals surface area contributed by atoms with Gasteiger partial charge in [-0.1, -0.05) is 184 Å². The standard InChI is InChI=1S/C101H147N19O21/c1-19-61(16)87(104-50-122)98(138)103-46-83(127)105-62(17)88(128)107-72(38-54(2)3)91(131)106-63(18)89(129)115-85(59(12)13)100(140)117-86(60(14)15)101(141)116-84(58(10)11)99(139)114-79(45-67-49-120(53-125)82-31-25-22-28-71(67)82)97(137)110-73(39-55(4)5)92(132)111-76(42-64-32-34-68(126)35-33-64)95(135)108-75(41-57(8)9)94(134)113-78(44-66-48-119(52-124)81-30-24-21-27-70(66)81)96(136)109-74(40-56(6)7)93(133)112-77(90(130)102-36-37-121)43-65-47-118(51-123)80-29-23-20-26-69(65)80/h20-35,47-50,54-63,72-79,84-87,121,123-126H,19,36-46,51-53H2,1-18H3,(H,102,130)(H,103,138)(H,104,122)(H,105,127)(H,106,131)(H,107,128)(H,108,135)(H,109,136)(H,110,137)(H,111,132)(H,112,133)(H,113,134)(H,114,139)(H,115,129)(H,116,141)(H,117,140)/t61-,62-,63-,72+,73+,74+,75+,76-,77-,78-,79-,84+,85+,86-,87-/m0/s1. The fraction of sp³-hybridized carbons (Fsp3) is 0.545. The van der Waals surface area contributed by atoms with E-state index in [4.69, 9.17) is 0 Å². The first-order chi connectivity index (χ1) is 66.7. The average molecular weight is 1960 g/mol. The van der Waals surface area contributed by atoms with Crippen LogP contribution in [-0.2, 0) is 123 Å². The van der Waals surface area contributed by atoms with Crippen molar-refractivity contribution in [3.05, 3.63) is 138 Å². The van der Waals surface area contributed by atoms with Crippen LogP contribution in [0.2, 0.25) is 0 Å². The number of hydrogen-bond donors (Lipinski definition) is 21. The number of nitrogens with zero attached hydrogens (tertiary/aromatic N) is 3. The van der Waals surface area contributed by atoms with Gasteiger partial charge in [0, 0.05) is 67.0 Å². The number of fused-ring (bicyclic) bond motifs is 3. The molecular formula is C101H147N19O21. The minimum Gasteiger partial charge on any atom is -0.508 e. The van der Waals surface area contributed by atoms with Crippen molar-refractivity contribution in [2.24, 2.45) is 47.3 Å². The molecule has 21 N–H and O–H groups in total. The van der Waals surface area contributed by atoms with E-state index in [1.165, 1.54) is 47.2 Å². The zero-order valence-corrected chi connectivity index (χ0v) is 84.0. The molecule has 0 spiro atoms. The van der Waals surface area contributed by atoms with Crippen molar-refractivity contribution in [3.63, 3.8) is 0 Å². The molecule has 3 aromatic heterocycles. The Morgan fingerprint density at radius 3 is 0.957 bits per heavy atom. The molecule has 40 heteroatoms. The van der Waals surface area contributed by atoms with Gasteiger partial charge in [-0.3, -0.25) is 76.7 Å². The van der Waals surface area contributed by atoms with E-state index in [1.54, 1.807) is 186 Å². The number of aromatic nitrogens is 3. The van der Waals surface area contributed by atoms with Gasteiger partial charge in [0.15, 0.2) is 0 Å². The molecule has 0 aliphatic carbocycles. The fourth-order valence-corrected chi connectivity index (χ4v) is 16.7. The highest BCUT2D eigenvalue weighted by atomic mass is 16.3. The summed E-state index contributed by atoms with van der Waals surface area (Å²) in [4.78, 5) is 229. The molecule has 4 aromatic carbocycles. The van der Waals surface area contributed by atoms with Crippen LogP contribution in [0.4, 0.5) is 0 Å². The third-order valence-corrected chi connectivity index (χ3v) is 24.5. The number of benzene rings is 4. The number of amides is 16. The number of hydrogen-bond acceptors (Lipinski definition) is 21. The predicted molar refractivity (Wildman–Crippen MR) is 530 cm³/mol. The number of aromatic hydroxyl groups is 1. The Bertz CT molecular complexity index is 5450. The lowest BCUT2D eigenvalue weighted by Crippen LogP contribution is -2.62. The summed E-state index contributed by atoms with van der Waals surface area (Å²) in [5.41, 5.74) is 3.74. The van der Waals surface area contributed by atoms with E-state index in [0.29, 0.717) is 67.8 Å². The number of rotatable bonds is 57. The third-order valence-electron chi connectivity index (χ3n) is 24.5. The van der Waals surface area contributed by atoms with Crippen molar-refractivity contribution in [1.29, 1.82) is 0 Å². The van der Waals surface area contributed by atoms with Crippen molar-refractivity contribution < 1.29 is 102 Å². The number of aliphatic hydroxyl groups excluding tert-OH is 4. The van der Waals surface area contributed by atoms with Gasteiger partial charge in [-0.15, -0.1) is 0 Å². The summed E-state index contributed by atoms with van der Waals surface area (Å²) in [5.74, 6) is -15.8. The summed E-state index contributed by atoms with van der Waals surface area (Å²) in [6.45, 7) is 27.9. The van der Waals surface area contributed by atoms with E-state index in [9.17, 15) is 73.5 Å². The van der Waals surface area contributed by atoms with Crippen molar-refractivity contribution in [1.82, 2.24) is 98.8 Å². The lowest BCUT2D eigenvalue weighted by molar-refractivity contribution is -0.137. The molecule has 0 saturated carbocycles. The molecule has 0 aliphatic rings. The molecule has 0 unspecified atom stereocenters. The van der Waals surface area contributed by atoms with Gasteiger partial charge >= 0.3 is 0 Å². The molecule has 0 aliphatic heterocycles. The molecule has 772 valence electrons. The minimum absolute atomic E-state index is 0.0164. The number of para-hydroxylation sites is 3. The topological polar surface area (TPSA) is 582 Å². The summed E-state index contributed by atoms with van der Waals surface area (Å²) < 4.78 is 4.63. The Morgan fingerprint density at radius 2 is 0.617 bits per heavy atom. The lowest BCUT2D eigenvalue weighted by atomic mass is 9.97. The third kappa shape index (κ3) is 33.7. The maximum Gasteiger partial charge on any atom is 0.243 e. The molecule has 0 saturated heterocycles. The van der Waals surface area contributed by atoms with Crippen molar-refractivity contribution in [2.45, 2.75) is 287 Å². The van der Waals surface area contributed by atoms with E-state index >= 15 is 28.8 Å². The van der Waals surface area contributed by atoms with Crippen molar-refractivity contribution in [2.75, 3.05) is 19.7 Å². The van der Waals surface area contributed by atoms with E-state index in [0.717, 1.165) is 0 Å². The van der Waals surface area contributed by atoms with E-state index in [1.807, 2.05) is 20.8 Å². The molecule has 15 atom stereocenters. The van der Waals surface area contributed by atoms with Gasteiger partial charge in [0.25, 0.3) is 0 Å². The number of carbonyl (C=O) groups is 16. The first-order valence-corrected chi connectivity index (χ1v) is 48.4. The smallest absolute Gasteiger partial charge is 0.243 e. The molecular weight excluding hydrogens is 1820 g/mol. The van der Waals surface area contributed by atoms with Crippen LogP contribution >= 0.6 is 0 Å². The molecule has 0 radical (unpaired) electrons. The molecule has 40 nitrogen and oxygen atoms in total. The van der Waals surface area contributed by atoms with Crippen LogP contribution in [-0.4, -0.2) is 239 Å². The lowest BCUT2D eigenvalue weighted by Gasteiger charge is -2.31. The zero-order valence-electron chi connectivity index (χ0n) is 84.0. The van der Waals surface area contributed by atoms with Crippen molar-refractivity contribution >= 4 is 128 Å². The number of aliphatic hydroxyl groups is 4. The van der Waals surface area contributed by atoms with Gasteiger partial charge in [0.1, 0.15) is 111 Å². The SMILES string of the molecule is CC[C@H](C)[C@H](NC=O)C(=O)NCC(=O)N[C@@H](C)C(=O)N[C@H](CC(C)C)C(=O)N[C@@H](C)C(=O)N[C@@H](C(=O)N[C@H](C(=O)N[C@@H](C(=O)N[C@@H](Cc1cn(CO)c2ccccc12)C(=O)N[C@H](CC(C)C)C(=O)N[C@@H](Cc1ccc(O)cc1)C(=O)N[C@H](CC(C)C)C(=O)N[C@@H](Cc1cn(CO)c2ccccc12)C(=O)N[C@H](CC(C)C)C(=O)N[C@@H](Cc1cn(CO)c2ccccc12)C(=O)NCCO)C(C)C)C(C)C)C(C)C. The van der Waals surface area contributed by atoms with Gasteiger partial charge in [-0.05, 0) is 139 Å². The monoisotopic (exact) mass is 1960 g/mol. The van der Waals surface area contributed by atoms with Gasteiger partial charge in [0.2, 0.25) is 95.0 Å². The van der Waals surface area contributed by atoms with Gasteiger partial charge in [0.05, 0.1) is 29.7 Å². The Hall–Kier alpha value is -13.3.